The van der Waals surface area contributed by atoms with Gasteiger partial charge in [-0.25, -0.2) is 0 Å². The molecule has 0 bridgehead atoms. The predicted octanol–water partition coefficient (Wildman–Crippen LogP) is 3.03. The number of benzene rings is 2. The van der Waals surface area contributed by atoms with Crippen molar-refractivity contribution >= 4 is 5.91 Å². The largest absolute Gasteiger partial charge is 0.496 e. The third-order valence-electron chi connectivity index (χ3n) is 5.21. The van der Waals surface area contributed by atoms with Crippen LogP contribution in [0.1, 0.15) is 27.5 Å². The van der Waals surface area contributed by atoms with Gasteiger partial charge in [-0.2, -0.15) is 5.26 Å². The van der Waals surface area contributed by atoms with Crippen LogP contribution in [0.4, 0.5) is 0 Å². The van der Waals surface area contributed by atoms with Gasteiger partial charge in [0.15, 0.2) is 0 Å². The highest BCUT2D eigenvalue weighted by atomic mass is 16.5. The number of nitrogens with zero attached hydrogens (tertiary/aromatic N) is 3. The van der Waals surface area contributed by atoms with E-state index in [9.17, 15) is 10.1 Å². The van der Waals surface area contributed by atoms with E-state index < -0.39 is 0 Å². The lowest BCUT2D eigenvalue weighted by molar-refractivity contribution is 0.0599. The molecule has 0 spiro atoms. The van der Waals surface area contributed by atoms with Gasteiger partial charge in [0.2, 0.25) is 0 Å². The summed E-state index contributed by atoms with van der Waals surface area (Å²) in [4.78, 5) is 17.0. The number of nitriles is 1. The number of carbonyl (C=O) groups excluding carboxylic acids is 1. The Morgan fingerprint density at radius 1 is 1.00 bits per heavy atom. The third kappa shape index (κ3) is 3.80. The van der Waals surface area contributed by atoms with Crippen molar-refractivity contribution < 1.29 is 14.3 Å². The molecule has 2 aromatic carbocycles. The minimum absolute atomic E-state index is 0.113. The first-order valence-electron chi connectivity index (χ1n) is 9.30. The average molecular weight is 379 g/mol. The Hall–Kier alpha value is -3.04. The van der Waals surface area contributed by atoms with Crippen molar-refractivity contribution in [1.29, 1.82) is 5.26 Å². The van der Waals surface area contributed by atoms with Crippen LogP contribution in [-0.2, 0) is 0 Å². The number of aryl methyl sites for hydroxylation is 1. The van der Waals surface area contributed by atoms with Gasteiger partial charge in [0.25, 0.3) is 5.91 Å². The molecular formula is C22H25N3O3. The first kappa shape index (κ1) is 19.7. The fourth-order valence-corrected chi connectivity index (χ4v) is 3.64. The topological polar surface area (TPSA) is 65.8 Å². The van der Waals surface area contributed by atoms with E-state index in [1.165, 1.54) is 0 Å². The Morgan fingerprint density at radius 2 is 1.61 bits per heavy atom. The summed E-state index contributed by atoms with van der Waals surface area (Å²) in [5.74, 6) is 0.890. The van der Waals surface area contributed by atoms with Gasteiger partial charge >= 0.3 is 0 Å². The SMILES string of the molecule is COc1cccc(OC)c1C(=O)N1CCN(C(C#N)c2ccccc2C)CC1. The maximum absolute atomic E-state index is 13.1. The fourth-order valence-electron chi connectivity index (χ4n) is 3.64. The van der Waals surface area contributed by atoms with E-state index in [2.05, 4.69) is 11.0 Å². The van der Waals surface area contributed by atoms with Gasteiger partial charge in [0, 0.05) is 26.2 Å². The molecule has 1 fully saturated rings. The van der Waals surface area contributed by atoms with Crippen LogP contribution in [0.3, 0.4) is 0 Å². The summed E-state index contributed by atoms with van der Waals surface area (Å²) in [6.45, 7) is 4.38. The highest BCUT2D eigenvalue weighted by molar-refractivity contribution is 5.99. The van der Waals surface area contributed by atoms with Gasteiger partial charge in [-0.15, -0.1) is 0 Å². The normalized spacial score (nSPS) is 15.6. The second-order valence-electron chi connectivity index (χ2n) is 6.75. The van der Waals surface area contributed by atoms with Gasteiger partial charge < -0.3 is 14.4 Å². The Labute approximate surface area is 165 Å². The number of ether oxygens (including phenoxy) is 2. The molecule has 0 N–H and O–H groups in total. The maximum atomic E-state index is 13.1. The van der Waals surface area contributed by atoms with E-state index in [0.717, 1.165) is 11.1 Å². The van der Waals surface area contributed by atoms with Crippen molar-refractivity contribution in [3.05, 3.63) is 59.2 Å². The second-order valence-corrected chi connectivity index (χ2v) is 6.75. The van der Waals surface area contributed by atoms with Crippen LogP contribution >= 0.6 is 0 Å². The van der Waals surface area contributed by atoms with Gasteiger partial charge in [-0.3, -0.25) is 9.69 Å². The quantitative estimate of drug-likeness (QED) is 0.799. The lowest BCUT2D eigenvalue weighted by Gasteiger charge is -2.37. The molecule has 0 radical (unpaired) electrons. The highest BCUT2D eigenvalue weighted by Crippen LogP contribution is 2.31. The number of carbonyl (C=O) groups is 1. The van der Waals surface area contributed by atoms with E-state index in [1.807, 2.05) is 31.2 Å². The molecule has 1 saturated heterocycles. The van der Waals surface area contributed by atoms with Gasteiger partial charge in [-0.1, -0.05) is 30.3 Å². The molecule has 1 unspecified atom stereocenters. The number of hydrogen-bond donors (Lipinski definition) is 0. The van der Waals surface area contributed by atoms with Crippen molar-refractivity contribution in [2.45, 2.75) is 13.0 Å². The van der Waals surface area contributed by atoms with Crippen molar-refractivity contribution in [3.8, 4) is 17.6 Å². The van der Waals surface area contributed by atoms with E-state index in [-0.39, 0.29) is 11.9 Å². The average Bonchev–Trinajstić information content (AvgIpc) is 2.75. The summed E-state index contributed by atoms with van der Waals surface area (Å²) in [6.07, 6.45) is 0. The van der Waals surface area contributed by atoms with E-state index in [0.29, 0.717) is 43.2 Å². The Kier molecular flexibility index (Phi) is 6.17. The molecule has 1 heterocycles. The zero-order chi connectivity index (χ0) is 20.1. The van der Waals surface area contributed by atoms with Crippen LogP contribution < -0.4 is 9.47 Å². The van der Waals surface area contributed by atoms with Crippen molar-refractivity contribution in [3.63, 3.8) is 0 Å². The van der Waals surface area contributed by atoms with Crippen LogP contribution in [-0.4, -0.2) is 56.1 Å². The molecule has 0 aliphatic carbocycles. The summed E-state index contributed by atoms with van der Waals surface area (Å²) >= 11 is 0. The zero-order valence-electron chi connectivity index (χ0n) is 16.5. The molecule has 146 valence electrons. The van der Waals surface area contributed by atoms with Crippen LogP contribution in [0.25, 0.3) is 0 Å². The smallest absolute Gasteiger partial charge is 0.261 e. The number of rotatable bonds is 5. The lowest BCUT2D eigenvalue weighted by Crippen LogP contribution is -2.49. The van der Waals surface area contributed by atoms with Gasteiger partial charge in [-0.05, 0) is 30.2 Å². The monoisotopic (exact) mass is 379 g/mol. The van der Waals surface area contributed by atoms with E-state index in [1.54, 1.807) is 37.3 Å². The van der Waals surface area contributed by atoms with Crippen LogP contribution in [0.15, 0.2) is 42.5 Å². The summed E-state index contributed by atoms with van der Waals surface area (Å²) in [6, 6.07) is 15.4. The molecule has 3 rings (SSSR count). The summed E-state index contributed by atoms with van der Waals surface area (Å²) < 4.78 is 10.7. The molecule has 1 aliphatic rings. The van der Waals surface area contributed by atoms with Crippen molar-refractivity contribution in [2.24, 2.45) is 0 Å². The van der Waals surface area contributed by atoms with E-state index >= 15 is 0 Å². The standard InChI is InChI=1S/C22H25N3O3/c1-16-7-4-5-8-17(16)18(15-23)24-11-13-25(14-12-24)22(26)21-19(27-2)9-6-10-20(21)28-3/h4-10,18H,11-14H2,1-3H3. The summed E-state index contributed by atoms with van der Waals surface area (Å²) in [5, 5.41) is 9.74. The Balaban J connectivity index is 1.75. The van der Waals surface area contributed by atoms with Crippen LogP contribution in [0.5, 0.6) is 11.5 Å². The Morgan fingerprint density at radius 3 is 2.14 bits per heavy atom. The van der Waals surface area contributed by atoms with Crippen LogP contribution in [0.2, 0.25) is 0 Å². The maximum Gasteiger partial charge on any atom is 0.261 e. The molecule has 2 aromatic rings. The van der Waals surface area contributed by atoms with E-state index in [4.69, 9.17) is 9.47 Å². The molecule has 6 nitrogen and oxygen atoms in total. The van der Waals surface area contributed by atoms with Gasteiger partial charge in [0.1, 0.15) is 23.1 Å². The predicted molar refractivity (Wildman–Crippen MR) is 107 cm³/mol. The van der Waals surface area contributed by atoms with Crippen molar-refractivity contribution in [1.82, 2.24) is 9.80 Å². The molecule has 28 heavy (non-hydrogen) atoms. The fraction of sp³-hybridized carbons (Fsp3) is 0.364. The molecule has 1 amide bonds. The molecule has 6 heteroatoms. The van der Waals surface area contributed by atoms with Crippen molar-refractivity contribution in [2.75, 3.05) is 40.4 Å². The molecule has 0 saturated carbocycles. The second kappa shape index (κ2) is 8.77. The Bertz CT molecular complexity index is 861. The minimum Gasteiger partial charge on any atom is -0.496 e. The summed E-state index contributed by atoms with van der Waals surface area (Å²) in [5.41, 5.74) is 2.57. The van der Waals surface area contributed by atoms with Crippen LogP contribution in [0, 0.1) is 18.3 Å². The first-order valence-corrected chi connectivity index (χ1v) is 9.30. The molecule has 1 atom stereocenters. The molecular weight excluding hydrogens is 354 g/mol. The molecule has 0 aromatic heterocycles. The summed E-state index contributed by atoms with van der Waals surface area (Å²) in [7, 11) is 3.09. The van der Waals surface area contributed by atoms with Gasteiger partial charge in [0.05, 0.1) is 20.3 Å². The number of amides is 1. The minimum atomic E-state index is -0.306. The highest BCUT2D eigenvalue weighted by Gasteiger charge is 2.30. The first-order chi connectivity index (χ1) is 13.6. The third-order valence-corrected chi connectivity index (χ3v) is 5.21. The number of methoxy groups -OCH3 is 2. The number of piperazine rings is 1. The molecule has 1 aliphatic heterocycles. The lowest BCUT2D eigenvalue weighted by atomic mass is 10.0. The number of hydrogen-bond acceptors (Lipinski definition) is 5. The zero-order valence-corrected chi connectivity index (χ0v) is 16.5.